The van der Waals surface area contributed by atoms with Gasteiger partial charge in [-0.1, -0.05) is 18.2 Å². The number of halogens is 2. The van der Waals surface area contributed by atoms with Crippen molar-refractivity contribution in [1.29, 1.82) is 0 Å². The van der Waals surface area contributed by atoms with Crippen LogP contribution in [0.5, 0.6) is 0 Å². The van der Waals surface area contributed by atoms with Gasteiger partial charge in [0.2, 0.25) is 5.76 Å². The maximum absolute atomic E-state index is 14.7. The molecule has 0 bridgehead atoms. The summed E-state index contributed by atoms with van der Waals surface area (Å²) < 4.78 is 39.4. The Morgan fingerprint density at radius 3 is 2.59 bits per heavy atom. The van der Waals surface area contributed by atoms with Gasteiger partial charge in [0.25, 0.3) is 5.91 Å². The van der Waals surface area contributed by atoms with Crippen LogP contribution in [0.15, 0.2) is 74.5 Å². The third-order valence-corrected chi connectivity index (χ3v) is 5.03. The molecule has 1 aliphatic heterocycles. The largest absolute Gasteiger partial charge is 0.467 e. The molecule has 5 nitrogen and oxygen atoms in total. The number of hydrogen-bond donors (Lipinski definition) is 0. The molecule has 0 N–H and O–H groups in total. The first-order chi connectivity index (χ1) is 14.0. The van der Waals surface area contributed by atoms with Crippen molar-refractivity contribution in [1.82, 2.24) is 4.90 Å². The Hall–Kier alpha value is -3.74. The number of carbonyl (C=O) groups is 1. The molecular weight excluding hydrogens is 380 g/mol. The topological polar surface area (TPSA) is 63.7 Å². The van der Waals surface area contributed by atoms with Crippen LogP contribution in [0.1, 0.15) is 33.5 Å². The predicted molar refractivity (Wildman–Crippen MR) is 99.3 cm³/mol. The van der Waals surface area contributed by atoms with Gasteiger partial charge in [-0.25, -0.2) is 8.78 Å². The van der Waals surface area contributed by atoms with Crippen molar-refractivity contribution in [2.75, 3.05) is 0 Å². The van der Waals surface area contributed by atoms with Crippen LogP contribution in [0, 0.1) is 11.6 Å². The summed E-state index contributed by atoms with van der Waals surface area (Å²) >= 11 is 0. The van der Waals surface area contributed by atoms with Crippen LogP contribution in [-0.4, -0.2) is 10.8 Å². The molecule has 7 heteroatoms. The van der Waals surface area contributed by atoms with Gasteiger partial charge in [-0.3, -0.25) is 9.59 Å². The number of benzene rings is 2. The number of nitrogens with zero attached hydrogens (tertiary/aromatic N) is 1. The monoisotopic (exact) mass is 393 g/mol. The summed E-state index contributed by atoms with van der Waals surface area (Å²) in [5.41, 5.74) is -0.334. The van der Waals surface area contributed by atoms with Crippen LogP contribution in [0.2, 0.25) is 0 Å². The van der Waals surface area contributed by atoms with Crippen molar-refractivity contribution < 1.29 is 22.4 Å². The minimum atomic E-state index is -1.02. The second-order valence-corrected chi connectivity index (χ2v) is 6.75. The fraction of sp³-hybridized carbons (Fsp3) is 0.0909. The van der Waals surface area contributed by atoms with Gasteiger partial charge in [-0.15, -0.1) is 0 Å². The average molecular weight is 393 g/mol. The van der Waals surface area contributed by atoms with Gasteiger partial charge in [-0.05, 0) is 36.4 Å². The Bertz CT molecular complexity index is 1310. The van der Waals surface area contributed by atoms with E-state index in [1.165, 1.54) is 35.4 Å². The third kappa shape index (κ3) is 2.66. The first-order valence-corrected chi connectivity index (χ1v) is 8.88. The van der Waals surface area contributed by atoms with Gasteiger partial charge in [0.05, 0.1) is 29.8 Å². The molecule has 0 saturated carbocycles. The molecule has 3 heterocycles. The molecule has 0 aliphatic carbocycles. The summed E-state index contributed by atoms with van der Waals surface area (Å²) in [5.74, 6) is -1.44. The van der Waals surface area contributed by atoms with Crippen LogP contribution in [0.25, 0.3) is 11.0 Å². The van der Waals surface area contributed by atoms with Crippen molar-refractivity contribution in [2.45, 2.75) is 12.6 Å². The van der Waals surface area contributed by atoms with Crippen LogP contribution in [-0.2, 0) is 6.54 Å². The Morgan fingerprint density at radius 1 is 1.00 bits per heavy atom. The molecular formula is C22H13F2NO4. The van der Waals surface area contributed by atoms with Crippen molar-refractivity contribution in [3.63, 3.8) is 0 Å². The number of carbonyl (C=O) groups excluding carboxylic acids is 1. The normalized spacial score (nSPS) is 15.9. The van der Waals surface area contributed by atoms with E-state index in [-0.39, 0.29) is 34.4 Å². The van der Waals surface area contributed by atoms with E-state index in [0.29, 0.717) is 5.76 Å². The first kappa shape index (κ1) is 17.4. The van der Waals surface area contributed by atoms with E-state index >= 15 is 0 Å². The van der Waals surface area contributed by atoms with Gasteiger partial charge in [0.15, 0.2) is 5.43 Å². The minimum Gasteiger partial charge on any atom is -0.467 e. The van der Waals surface area contributed by atoms with Crippen LogP contribution in [0.4, 0.5) is 8.78 Å². The SMILES string of the molecule is O=C1c2oc3ccc(F)cc3c(=O)c2[C@@H](c2ccccc2F)N1Cc1ccco1. The summed E-state index contributed by atoms with van der Waals surface area (Å²) in [6, 6.07) is 11.7. The standard InChI is InChI=1S/C22H13F2NO4/c23-12-7-8-17-15(10-12)20(26)18-19(14-5-1-2-6-16(14)24)25(22(27)21(18)29-17)11-13-4-3-9-28-13/h1-10,19H,11H2/t19-/m1/s1. The lowest BCUT2D eigenvalue weighted by atomic mass is 9.98. The van der Waals surface area contributed by atoms with Gasteiger partial charge >= 0.3 is 0 Å². The molecule has 0 spiro atoms. The van der Waals surface area contributed by atoms with Crippen molar-refractivity contribution >= 4 is 16.9 Å². The third-order valence-electron chi connectivity index (χ3n) is 5.03. The molecule has 1 atom stereocenters. The molecule has 0 radical (unpaired) electrons. The number of amides is 1. The number of fused-ring (bicyclic) bond motifs is 2. The van der Waals surface area contributed by atoms with Crippen molar-refractivity contribution in [2.24, 2.45) is 0 Å². The molecule has 2 aromatic heterocycles. The summed E-state index contributed by atoms with van der Waals surface area (Å²) in [5, 5.41) is -0.00209. The highest BCUT2D eigenvalue weighted by Crippen LogP contribution is 2.40. The molecule has 4 aromatic rings. The molecule has 0 unspecified atom stereocenters. The lowest BCUT2D eigenvalue weighted by Gasteiger charge is -2.24. The maximum atomic E-state index is 14.7. The highest BCUT2D eigenvalue weighted by atomic mass is 19.1. The van der Waals surface area contributed by atoms with Crippen LogP contribution in [0.3, 0.4) is 0 Å². The number of rotatable bonds is 3. The van der Waals surface area contributed by atoms with E-state index in [2.05, 4.69) is 0 Å². The quantitative estimate of drug-likeness (QED) is 0.517. The molecule has 29 heavy (non-hydrogen) atoms. The summed E-state index contributed by atoms with van der Waals surface area (Å²) in [7, 11) is 0. The second kappa shape index (κ2) is 6.41. The molecule has 1 aliphatic rings. The van der Waals surface area contributed by atoms with E-state index in [1.54, 1.807) is 18.2 Å². The number of hydrogen-bond acceptors (Lipinski definition) is 4. The van der Waals surface area contributed by atoms with Crippen molar-refractivity contribution in [3.05, 3.63) is 105 Å². The second-order valence-electron chi connectivity index (χ2n) is 6.75. The summed E-state index contributed by atoms with van der Waals surface area (Å²) in [4.78, 5) is 27.7. The first-order valence-electron chi connectivity index (χ1n) is 8.88. The Kier molecular flexibility index (Phi) is 3.84. The maximum Gasteiger partial charge on any atom is 0.291 e. The fourth-order valence-electron chi connectivity index (χ4n) is 3.75. The van der Waals surface area contributed by atoms with E-state index in [9.17, 15) is 18.4 Å². The molecule has 144 valence electrons. The Morgan fingerprint density at radius 2 is 1.83 bits per heavy atom. The van der Waals surface area contributed by atoms with E-state index in [0.717, 1.165) is 12.1 Å². The van der Waals surface area contributed by atoms with Crippen LogP contribution < -0.4 is 5.43 Å². The average Bonchev–Trinajstić information content (AvgIpc) is 3.31. The van der Waals surface area contributed by atoms with Crippen LogP contribution >= 0.6 is 0 Å². The molecule has 0 fully saturated rings. The van der Waals surface area contributed by atoms with E-state index in [4.69, 9.17) is 8.83 Å². The Labute approximate surface area is 162 Å². The lowest BCUT2D eigenvalue weighted by molar-refractivity contribution is 0.0699. The Balaban J connectivity index is 1.78. The molecule has 2 aromatic carbocycles. The van der Waals surface area contributed by atoms with Gasteiger partial charge < -0.3 is 13.7 Å². The van der Waals surface area contributed by atoms with E-state index < -0.39 is 29.0 Å². The lowest BCUT2D eigenvalue weighted by Crippen LogP contribution is -2.29. The zero-order valence-electron chi connectivity index (χ0n) is 14.9. The van der Waals surface area contributed by atoms with Crippen molar-refractivity contribution in [3.8, 4) is 0 Å². The summed E-state index contributed by atoms with van der Waals surface area (Å²) in [6.45, 7) is 0.0131. The van der Waals surface area contributed by atoms with Gasteiger partial charge in [0.1, 0.15) is 23.0 Å². The molecule has 0 saturated heterocycles. The summed E-state index contributed by atoms with van der Waals surface area (Å²) in [6.07, 6.45) is 1.46. The zero-order chi connectivity index (χ0) is 20.1. The molecule has 5 rings (SSSR count). The molecule has 1 amide bonds. The fourth-order valence-corrected chi connectivity index (χ4v) is 3.75. The van der Waals surface area contributed by atoms with Gasteiger partial charge in [-0.2, -0.15) is 0 Å². The predicted octanol–water partition coefficient (Wildman–Crippen LogP) is 4.41. The minimum absolute atomic E-state index is 0.00209. The zero-order valence-corrected chi connectivity index (χ0v) is 14.9. The van der Waals surface area contributed by atoms with Gasteiger partial charge in [0, 0.05) is 5.56 Å². The smallest absolute Gasteiger partial charge is 0.291 e. The highest BCUT2D eigenvalue weighted by Gasteiger charge is 2.44. The van der Waals surface area contributed by atoms with E-state index in [1.807, 2.05) is 0 Å². The highest BCUT2D eigenvalue weighted by molar-refractivity contribution is 5.99. The number of furan rings is 1.